The lowest BCUT2D eigenvalue weighted by Crippen LogP contribution is -2.35. The molecule has 7 nitrogen and oxygen atoms in total. The molecule has 0 saturated heterocycles. The number of nitrogens with zero attached hydrogens (tertiary/aromatic N) is 2. The van der Waals surface area contributed by atoms with E-state index in [1.54, 1.807) is 18.3 Å². The third kappa shape index (κ3) is 3.13. The van der Waals surface area contributed by atoms with Gasteiger partial charge in [0, 0.05) is 24.7 Å². The largest absolute Gasteiger partial charge is 0.505 e. The fourth-order valence-electron chi connectivity index (χ4n) is 4.23. The number of aliphatic hydroxyl groups is 1. The van der Waals surface area contributed by atoms with E-state index in [-0.39, 0.29) is 30.0 Å². The number of hydrogen-bond acceptors (Lipinski definition) is 5. The van der Waals surface area contributed by atoms with E-state index in [1.807, 2.05) is 13.8 Å². The lowest BCUT2D eigenvalue weighted by Gasteiger charge is -2.21. The fraction of sp³-hybridized carbons (Fsp3) is 0.318. The molecular weight excluding hydrogens is 389 g/mol. The first-order chi connectivity index (χ1) is 14.2. The fourth-order valence-corrected chi connectivity index (χ4v) is 4.23. The van der Waals surface area contributed by atoms with Gasteiger partial charge in [-0.05, 0) is 35.2 Å². The number of pyridine rings is 2. The van der Waals surface area contributed by atoms with Crippen molar-refractivity contribution in [2.45, 2.75) is 32.2 Å². The Morgan fingerprint density at radius 3 is 2.67 bits per heavy atom. The number of benzene rings is 1. The van der Waals surface area contributed by atoms with Crippen LogP contribution in [-0.4, -0.2) is 38.8 Å². The molecule has 0 aliphatic carbocycles. The van der Waals surface area contributed by atoms with E-state index in [9.17, 15) is 19.1 Å². The van der Waals surface area contributed by atoms with E-state index in [0.717, 1.165) is 16.7 Å². The molecule has 0 spiro atoms. The van der Waals surface area contributed by atoms with E-state index in [4.69, 9.17) is 5.11 Å². The van der Waals surface area contributed by atoms with Gasteiger partial charge in [0.1, 0.15) is 16.9 Å². The third-order valence-corrected chi connectivity index (χ3v) is 5.48. The van der Waals surface area contributed by atoms with Gasteiger partial charge in [0.15, 0.2) is 5.75 Å². The summed E-state index contributed by atoms with van der Waals surface area (Å²) in [5.74, 6) is -1.53. The number of amides is 1. The zero-order chi connectivity index (χ0) is 21.6. The van der Waals surface area contributed by atoms with Crippen LogP contribution in [0.5, 0.6) is 5.75 Å². The Morgan fingerprint density at radius 2 is 2.00 bits per heavy atom. The Hall–Kier alpha value is -3.26. The average Bonchev–Trinajstić information content (AvgIpc) is 3.00. The van der Waals surface area contributed by atoms with Gasteiger partial charge >= 0.3 is 0 Å². The second-order valence-electron chi connectivity index (χ2n) is 8.14. The van der Waals surface area contributed by atoms with Crippen LogP contribution in [0, 0.1) is 5.82 Å². The van der Waals surface area contributed by atoms with Gasteiger partial charge in [0.2, 0.25) is 0 Å². The molecule has 0 atom stereocenters. The van der Waals surface area contributed by atoms with Crippen LogP contribution in [-0.2, 0) is 18.4 Å². The molecule has 3 heterocycles. The normalized spacial score (nSPS) is 14.3. The topological polar surface area (TPSA) is 104 Å². The maximum Gasteiger partial charge on any atom is 0.267 e. The van der Waals surface area contributed by atoms with Crippen molar-refractivity contribution in [1.82, 2.24) is 14.9 Å². The molecule has 1 aromatic carbocycles. The summed E-state index contributed by atoms with van der Waals surface area (Å²) >= 11 is 0. The lowest BCUT2D eigenvalue weighted by molar-refractivity contribution is 0.0940. The zero-order valence-electron chi connectivity index (χ0n) is 16.7. The molecule has 0 bridgehead atoms. The standard InChI is InChI=1S/C22H22FN3O4/c1-22(2)11-26-18-16(22)13(9-12-3-5-14(23)6-4-12)10-25-17(18)19(28)15(21(26)30)20(29)24-7-8-27/h3-6,10,27-28H,7-9,11H2,1-2H3,(H,24,29). The predicted octanol–water partition coefficient (Wildman–Crippen LogP) is 1.85. The van der Waals surface area contributed by atoms with Crippen LogP contribution in [0.15, 0.2) is 35.3 Å². The summed E-state index contributed by atoms with van der Waals surface area (Å²) in [6, 6.07) is 6.20. The molecule has 3 N–H and O–H groups in total. The molecule has 1 amide bonds. The highest BCUT2D eigenvalue weighted by molar-refractivity contribution is 6.02. The zero-order valence-corrected chi connectivity index (χ0v) is 16.7. The minimum absolute atomic E-state index is 0.0312. The van der Waals surface area contributed by atoms with E-state index >= 15 is 0 Å². The summed E-state index contributed by atoms with van der Waals surface area (Å²) in [6.45, 7) is 4.00. The number of aromatic nitrogens is 2. The maximum absolute atomic E-state index is 13.3. The molecule has 0 saturated carbocycles. The van der Waals surface area contributed by atoms with Crippen molar-refractivity contribution in [1.29, 1.82) is 0 Å². The number of carbonyl (C=O) groups is 1. The maximum atomic E-state index is 13.3. The van der Waals surface area contributed by atoms with Gasteiger partial charge in [-0.25, -0.2) is 4.39 Å². The van der Waals surface area contributed by atoms with Crippen LogP contribution in [0.1, 0.15) is 40.9 Å². The second kappa shape index (κ2) is 7.21. The predicted molar refractivity (Wildman–Crippen MR) is 109 cm³/mol. The molecule has 0 radical (unpaired) electrons. The van der Waals surface area contributed by atoms with Gasteiger partial charge in [-0.3, -0.25) is 14.6 Å². The second-order valence-corrected chi connectivity index (χ2v) is 8.14. The summed E-state index contributed by atoms with van der Waals surface area (Å²) in [6.07, 6.45) is 2.13. The monoisotopic (exact) mass is 411 g/mol. The molecule has 156 valence electrons. The number of halogens is 1. The highest BCUT2D eigenvalue weighted by atomic mass is 19.1. The summed E-state index contributed by atoms with van der Waals surface area (Å²) in [7, 11) is 0. The quantitative estimate of drug-likeness (QED) is 0.594. The first-order valence-electron chi connectivity index (χ1n) is 9.66. The summed E-state index contributed by atoms with van der Waals surface area (Å²) < 4.78 is 14.7. The number of rotatable bonds is 5. The molecular formula is C22H22FN3O4. The minimum Gasteiger partial charge on any atom is -0.505 e. The Balaban J connectivity index is 1.91. The van der Waals surface area contributed by atoms with E-state index in [0.29, 0.717) is 18.5 Å². The number of nitrogens with one attached hydrogen (secondary N) is 1. The molecule has 2 aromatic heterocycles. The summed E-state index contributed by atoms with van der Waals surface area (Å²) in [5, 5.41) is 22.1. The first kappa shape index (κ1) is 20.0. The van der Waals surface area contributed by atoms with Crippen LogP contribution >= 0.6 is 0 Å². The van der Waals surface area contributed by atoms with E-state index in [1.165, 1.54) is 16.7 Å². The van der Waals surface area contributed by atoms with Gasteiger partial charge in [0.05, 0.1) is 12.1 Å². The molecule has 8 heteroatoms. The number of aromatic hydroxyl groups is 1. The third-order valence-electron chi connectivity index (χ3n) is 5.48. The Bertz CT molecular complexity index is 1220. The van der Waals surface area contributed by atoms with Crippen LogP contribution in [0.2, 0.25) is 0 Å². The number of carbonyl (C=O) groups excluding carboxylic acids is 1. The molecule has 1 aliphatic heterocycles. The van der Waals surface area contributed by atoms with E-state index in [2.05, 4.69) is 10.3 Å². The molecule has 0 fully saturated rings. The Morgan fingerprint density at radius 1 is 1.30 bits per heavy atom. The average molecular weight is 411 g/mol. The lowest BCUT2D eigenvalue weighted by atomic mass is 9.82. The van der Waals surface area contributed by atoms with Crippen LogP contribution in [0.3, 0.4) is 0 Å². The van der Waals surface area contributed by atoms with Gasteiger partial charge in [-0.1, -0.05) is 26.0 Å². The highest BCUT2D eigenvalue weighted by Gasteiger charge is 2.38. The van der Waals surface area contributed by atoms with Crippen molar-refractivity contribution in [3.05, 3.63) is 68.9 Å². The molecule has 3 aromatic rings. The van der Waals surface area contributed by atoms with Gasteiger partial charge in [-0.15, -0.1) is 0 Å². The smallest absolute Gasteiger partial charge is 0.267 e. The molecule has 4 rings (SSSR count). The van der Waals surface area contributed by atoms with Crippen LogP contribution in [0.4, 0.5) is 4.39 Å². The van der Waals surface area contributed by atoms with Crippen molar-refractivity contribution < 1.29 is 19.4 Å². The van der Waals surface area contributed by atoms with Crippen LogP contribution in [0.25, 0.3) is 11.0 Å². The van der Waals surface area contributed by atoms with Gasteiger partial charge in [0.25, 0.3) is 11.5 Å². The first-order valence-corrected chi connectivity index (χ1v) is 9.66. The molecule has 30 heavy (non-hydrogen) atoms. The Labute approximate surface area is 171 Å². The highest BCUT2D eigenvalue weighted by Crippen LogP contribution is 2.42. The number of hydrogen-bond donors (Lipinski definition) is 3. The van der Waals surface area contributed by atoms with Crippen LogP contribution < -0.4 is 10.9 Å². The van der Waals surface area contributed by atoms with Gasteiger partial charge < -0.3 is 20.1 Å². The van der Waals surface area contributed by atoms with Gasteiger partial charge in [-0.2, -0.15) is 0 Å². The summed E-state index contributed by atoms with van der Waals surface area (Å²) in [4.78, 5) is 29.9. The summed E-state index contributed by atoms with van der Waals surface area (Å²) in [5.41, 5.74) is 1.95. The van der Waals surface area contributed by atoms with E-state index < -0.39 is 22.6 Å². The van der Waals surface area contributed by atoms with Crippen molar-refractivity contribution in [2.24, 2.45) is 0 Å². The SMILES string of the molecule is CC1(C)Cn2c(=O)c(C(=O)NCCO)c(O)c3ncc(Cc4ccc(F)cc4)c1c32. The Kier molecular flexibility index (Phi) is 4.82. The number of aliphatic hydroxyl groups excluding tert-OH is 1. The molecule has 1 aliphatic rings. The molecule has 0 unspecified atom stereocenters. The van der Waals surface area contributed by atoms with Crippen molar-refractivity contribution in [3.8, 4) is 5.75 Å². The minimum atomic E-state index is -0.749. The van der Waals surface area contributed by atoms with Crippen molar-refractivity contribution in [2.75, 3.05) is 13.2 Å². The van der Waals surface area contributed by atoms with Crippen molar-refractivity contribution in [3.63, 3.8) is 0 Å². The van der Waals surface area contributed by atoms with Crippen molar-refractivity contribution >= 4 is 16.9 Å².